The van der Waals surface area contributed by atoms with E-state index in [1.165, 1.54) is 21.2 Å². The molecule has 0 radical (unpaired) electrons. The Morgan fingerprint density at radius 1 is 1.04 bits per heavy atom. The average Bonchev–Trinajstić information content (AvgIpc) is 3.02. The third-order valence-electron chi connectivity index (χ3n) is 4.14. The van der Waals surface area contributed by atoms with Crippen molar-refractivity contribution >= 4 is 27.6 Å². The molecule has 124 valence electrons. The van der Waals surface area contributed by atoms with Crippen LogP contribution >= 0.6 is 11.3 Å². The predicted octanol–water partition coefficient (Wildman–Crippen LogP) is 5.66. The zero-order chi connectivity index (χ0) is 17.2. The van der Waals surface area contributed by atoms with E-state index in [9.17, 15) is 0 Å². The molecule has 3 heteroatoms. The maximum atomic E-state index is 4.59. The van der Waals surface area contributed by atoms with Crippen molar-refractivity contribution < 1.29 is 0 Å². The third-order valence-corrected chi connectivity index (χ3v) is 5.15. The molecule has 2 nitrogen and oxygen atoms in total. The van der Waals surface area contributed by atoms with Gasteiger partial charge in [-0.1, -0.05) is 63.2 Å². The van der Waals surface area contributed by atoms with E-state index in [1.54, 1.807) is 11.3 Å². The summed E-state index contributed by atoms with van der Waals surface area (Å²) in [7, 11) is 2.02. The van der Waals surface area contributed by atoms with Gasteiger partial charge >= 0.3 is 0 Å². The van der Waals surface area contributed by atoms with Gasteiger partial charge in [-0.2, -0.15) is 5.10 Å². The molecule has 0 aliphatic carbocycles. The second-order valence-corrected chi connectivity index (χ2v) is 8.10. The predicted molar refractivity (Wildman–Crippen MR) is 106 cm³/mol. The van der Waals surface area contributed by atoms with Crippen molar-refractivity contribution in [3.05, 3.63) is 70.6 Å². The third kappa shape index (κ3) is 3.85. The molecule has 0 N–H and O–H groups in total. The molecular formula is C21H24N2S. The minimum absolute atomic E-state index is 0.186. The maximum Gasteiger partial charge on any atom is 0.0621 e. The molecule has 0 saturated heterocycles. The Bertz CT molecular complexity index is 838. The molecule has 1 heterocycles. The van der Waals surface area contributed by atoms with Gasteiger partial charge in [0.2, 0.25) is 0 Å². The molecule has 0 atom stereocenters. The molecule has 1 aromatic heterocycles. The number of hydrogen-bond acceptors (Lipinski definition) is 3. The van der Waals surface area contributed by atoms with Crippen molar-refractivity contribution in [2.24, 2.45) is 5.10 Å². The Kier molecular flexibility index (Phi) is 4.72. The number of rotatable bonds is 4. The van der Waals surface area contributed by atoms with Crippen LogP contribution in [-0.2, 0) is 12.0 Å². The number of thiophene rings is 1. The molecule has 24 heavy (non-hydrogen) atoms. The van der Waals surface area contributed by atoms with Crippen LogP contribution in [0.4, 0.5) is 0 Å². The van der Waals surface area contributed by atoms with Crippen LogP contribution in [-0.4, -0.2) is 18.3 Å². The van der Waals surface area contributed by atoms with Gasteiger partial charge in [0.15, 0.2) is 0 Å². The first kappa shape index (κ1) is 16.7. The van der Waals surface area contributed by atoms with Crippen molar-refractivity contribution in [3.8, 4) is 0 Å². The van der Waals surface area contributed by atoms with Gasteiger partial charge in [-0.05, 0) is 38.9 Å². The second kappa shape index (κ2) is 6.78. The van der Waals surface area contributed by atoms with Crippen LogP contribution in [0.3, 0.4) is 0 Å². The minimum Gasteiger partial charge on any atom is -0.296 e. The highest BCUT2D eigenvalue weighted by Crippen LogP contribution is 2.25. The van der Waals surface area contributed by atoms with Crippen LogP contribution < -0.4 is 0 Å². The summed E-state index contributed by atoms with van der Waals surface area (Å²) in [5, 5.41) is 10.0. The fourth-order valence-electron chi connectivity index (χ4n) is 2.70. The Hall–Kier alpha value is -2.13. The van der Waals surface area contributed by atoms with Crippen molar-refractivity contribution in [1.82, 2.24) is 5.01 Å². The Morgan fingerprint density at radius 2 is 1.79 bits per heavy atom. The van der Waals surface area contributed by atoms with Gasteiger partial charge in [-0.25, -0.2) is 0 Å². The van der Waals surface area contributed by atoms with Crippen LogP contribution in [0.25, 0.3) is 10.1 Å². The van der Waals surface area contributed by atoms with Crippen LogP contribution in [0.5, 0.6) is 0 Å². The van der Waals surface area contributed by atoms with E-state index in [1.807, 2.05) is 18.3 Å². The number of fused-ring (bicyclic) bond motifs is 1. The van der Waals surface area contributed by atoms with Crippen LogP contribution in [0.2, 0.25) is 0 Å². The summed E-state index contributed by atoms with van der Waals surface area (Å²) in [6.45, 7) is 7.51. The highest BCUT2D eigenvalue weighted by Gasteiger charge is 2.12. The monoisotopic (exact) mass is 336 g/mol. The topological polar surface area (TPSA) is 15.6 Å². The van der Waals surface area contributed by atoms with Crippen LogP contribution in [0.15, 0.2) is 59.0 Å². The van der Waals surface area contributed by atoms with E-state index in [0.29, 0.717) is 0 Å². The molecule has 3 aromatic rings. The fraction of sp³-hybridized carbons (Fsp3) is 0.286. The Balaban J connectivity index is 1.69. The number of nitrogens with zero attached hydrogens (tertiary/aromatic N) is 2. The quantitative estimate of drug-likeness (QED) is 0.443. The van der Waals surface area contributed by atoms with Crippen molar-refractivity contribution in [1.29, 1.82) is 0 Å². The van der Waals surface area contributed by atoms with Gasteiger partial charge in [-0.3, -0.25) is 5.01 Å². The maximum absolute atomic E-state index is 4.59. The Morgan fingerprint density at radius 3 is 2.50 bits per heavy atom. The van der Waals surface area contributed by atoms with E-state index in [2.05, 4.69) is 79.8 Å². The van der Waals surface area contributed by atoms with Gasteiger partial charge in [0.25, 0.3) is 0 Å². The number of benzene rings is 2. The van der Waals surface area contributed by atoms with Gasteiger partial charge in [0.05, 0.1) is 12.8 Å². The van der Waals surface area contributed by atoms with Crippen molar-refractivity contribution in [2.45, 2.75) is 32.7 Å². The second-order valence-electron chi connectivity index (χ2n) is 7.19. The molecule has 0 amide bonds. The standard InChI is InChI=1S/C21H24N2S/c1-21(2,3)19-10-8-16(9-11-19)14-22-23(4)15-18-7-5-6-17-12-13-24-20(17)18/h5-14H,15H2,1-4H3/b22-14+. The summed E-state index contributed by atoms with van der Waals surface area (Å²) >= 11 is 1.80. The molecule has 0 fully saturated rings. The summed E-state index contributed by atoms with van der Waals surface area (Å²) in [6, 6.07) is 17.3. The van der Waals surface area contributed by atoms with E-state index in [0.717, 1.165) is 12.1 Å². The lowest BCUT2D eigenvalue weighted by atomic mass is 9.87. The molecule has 0 aliphatic rings. The normalized spacial score (nSPS) is 12.2. The molecule has 3 rings (SSSR count). The van der Waals surface area contributed by atoms with Gasteiger partial charge < -0.3 is 0 Å². The summed E-state index contributed by atoms with van der Waals surface area (Å²) in [4.78, 5) is 0. The highest BCUT2D eigenvalue weighted by atomic mass is 32.1. The SMILES string of the molecule is CN(Cc1cccc2ccsc12)/N=C/c1ccc(C(C)(C)C)cc1. The van der Waals surface area contributed by atoms with Crippen LogP contribution in [0.1, 0.15) is 37.5 Å². The number of hydrazone groups is 1. The lowest BCUT2D eigenvalue weighted by molar-refractivity contribution is 0.350. The molecule has 0 aliphatic heterocycles. The molecule has 0 saturated carbocycles. The van der Waals surface area contributed by atoms with E-state index in [-0.39, 0.29) is 5.41 Å². The van der Waals surface area contributed by atoms with Crippen molar-refractivity contribution in [2.75, 3.05) is 7.05 Å². The zero-order valence-electron chi connectivity index (χ0n) is 14.8. The molecule has 0 spiro atoms. The Labute approximate surface area is 148 Å². The van der Waals surface area contributed by atoms with E-state index < -0.39 is 0 Å². The first-order valence-corrected chi connectivity index (χ1v) is 9.12. The summed E-state index contributed by atoms with van der Waals surface area (Å²) < 4.78 is 1.36. The van der Waals surface area contributed by atoms with Gasteiger partial charge in [0, 0.05) is 11.7 Å². The molecule has 0 bridgehead atoms. The lowest BCUT2D eigenvalue weighted by Gasteiger charge is -2.18. The summed E-state index contributed by atoms with van der Waals surface area (Å²) in [5.74, 6) is 0. The van der Waals surface area contributed by atoms with Gasteiger partial charge in [0.1, 0.15) is 0 Å². The highest BCUT2D eigenvalue weighted by molar-refractivity contribution is 7.17. The van der Waals surface area contributed by atoms with E-state index in [4.69, 9.17) is 0 Å². The first-order chi connectivity index (χ1) is 11.4. The zero-order valence-corrected chi connectivity index (χ0v) is 15.6. The van der Waals surface area contributed by atoms with Crippen LogP contribution in [0, 0.1) is 0 Å². The van der Waals surface area contributed by atoms with E-state index >= 15 is 0 Å². The molecule has 0 unspecified atom stereocenters. The first-order valence-electron chi connectivity index (χ1n) is 8.24. The minimum atomic E-state index is 0.186. The fourth-order valence-corrected chi connectivity index (χ4v) is 3.61. The summed E-state index contributed by atoms with van der Waals surface area (Å²) in [5.41, 5.74) is 3.98. The average molecular weight is 337 g/mol. The smallest absolute Gasteiger partial charge is 0.0621 e. The van der Waals surface area contributed by atoms with Gasteiger partial charge in [-0.15, -0.1) is 11.3 Å². The summed E-state index contributed by atoms with van der Waals surface area (Å²) in [6.07, 6.45) is 1.93. The lowest BCUT2D eigenvalue weighted by Crippen LogP contribution is -2.11. The molecular weight excluding hydrogens is 312 g/mol. The number of hydrogen-bond donors (Lipinski definition) is 0. The van der Waals surface area contributed by atoms with Crippen molar-refractivity contribution in [3.63, 3.8) is 0 Å². The largest absolute Gasteiger partial charge is 0.296 e. The molecule has 2 aromatic carbocycles.